The van der Waals surface area contributed by atoms with Crippen LogP contribution in [0.1, 0.15) is 63.4 Å². The van der Waals surface area contributed by atoms with Crippen LogP contribution in [-0.4, -0.2) is 27.7 Å². The number of aromatic hydroxyl groups is 1. The summed E-state index contributed by atoms with van der Waals surface area (Å²) in [6.07, 6.45) is 6.07. The second kappa shape index (κ2) is 6.68. The number of nitrogens with zero attached hydrogens (tertiary/aromatic N) is 2. The van der Waals surface area contributed by atoms with E-state index in [0.717, 1.165) is 37.3 Å². The smallest absolute Gasteiger partial charge is 0.223 e. The van der Waals surface area contributed by atoms with Gasteiger partial charge in [0.25, 0.3) is 0 Å². The van der Waals surface area contributed by atoms with Gasteiger partial charge in [0, 0.05) is 37.4 Å². The van der Waals surface area contributed by atoms with Crippen LogP contribution in [0.4, 0.5) is 0 Å². The second-order valence-corrected chi connectivity index (χ2v) is 7.89. The zero-order valence-corrected chi connectivity index (χ0v) is 14.7. The molecule has 1 saturated carbocycles. The van der Waals surface area contributed by atoms with Gasteiger partial charge in [0.05, 0.1) is 5.69 Å². The van der Waals surface area contributed by atoms with Crippen molar-refractivity contribution in [1.29, 1.82) is 0 Å². The van der Waals surface area contributed by atoms with E-state index in [1.165, 1.54) is 19.3 Å². The molecule has 4 nitrogen and oxygen atoms in total. The van der Waals surface area contributed by atoms with Gasteiger partial charge in [0.15, 0.2) is 5.75 Å². The zero-order valence-electron chi connectivity index (χ0n) is 14.7. The maximum absolute atomic E-state index is 12.1. The van der Waals surface area contributed by atoms with E-state index in [4.69, 9.17) is 0 Å². The summed E-state index contributed by atoms with van der Waals surface area (Å²) in [5, 5.41) is 10.5. The van der Waals surface area contributed by atoms with Gasteiger partial charge >= 0.3 is 0 Å². The van der Waals surface area contributed by atoms with E-state index in [-0.39, 0.29) is 11.2 Å². The van der Waals surface area contributed by atoms with Crippen LogP contribution in [0.25, 0.3) is 0 Å². The molecule has 0 aromatic carbocycles. The predicted octanol–water partition coefficient (Wildman–Crippen LogP) is 3.46. The Morgan fingerprint density at radius 2 is 1.78 bits per heavy atom. The Kier molecular flexibility index (Phi) is 4.81. The lowest BCUT2D eigenvalue weighted by molar-refractivity contribution is 0.129. The van der Waals surface area contributed by atoms with E-state index in [1.54, 1.807) is 6.07 Å². The first-order chi connectivity index (χ1) is 11.0. The van der Waals surface area contributed by atoms with E-state index < -0.39 is 0 Å². The number of likely N-dealkylation sites (tertiary alicyclic amines) is 1. The van der Waals surface area contributed by atoms with Crippen molar-refractivity contribution in [1.82, 2.24) is 9.47 Å². The highest BCUT2D eigenvalue weighted by atomic mass is 16.3. The van der Waals surface area contributed by atoms with Gasteiger partial charge in [0.2, 0.25) is 5.43 Å². The first-order valence-electron chi connectivity index (χ1n) is 9.12. The molecule has 1 aromatic rings. The van der Waals surface area contributed by atoms with Crippen molar-refractivity contribution in [2.45, 2.75) is 65.5 Å². The highest BCUT2D eigenvalue weighted by Gasteiger charge is 2.27. The Labute approximate surface area is 139 Å². The van der Waals surface area contributed by atoms with E-state index in [0.29, 0.717) is 24.4 Å². The number of aryl methyl sites for hydroxylation is 1. The molecule has 2 fully saturated rings. The quantitative estimate of drug-likeness (QED) is 0.928. The van der Waals surface area contributed by atoms with Crippen molar-refractivity contribution in [2.75, 3.05) is 13.1 Å². The minimum Gasteiger partial charge on any atom is -0.503 e. The molecule has 0 bridgehead atoms. The van der Waals surface area contributed by atoms with Crippen LogP contribution < -0.4 is 5.43 Å². The van der Waals surface area contributed by atoms with Crippen LogP contribution in [0.3, 0.4) is 0 Å². The fourth-order valence-electron chi connectivity index (χ4n) is 4.75. The van der Waals surface area contributed by atoms with E-state index >= 15 is 0 Å². The molecule has 0 amide bonds. The van der Waals surface area contributed by atoms with Gasteiger partial charge in [-0.2, -0.15) is 0 Å². The Bertz CT molecular complexity index is 607. The Morgan fingerprint density at radius 3 is 2.39 bits per heavy atom. The molecule has 2 unspecified atom stereocenters. The first-order valence-corrected chi connectivity index (χ1v) is 9.12. The van der Waals surface area contributed by atoms with Gasteiger partial charge in [-0.1, -0.05) is 26.7 Å². The number of hydrogen-bond donors (Lipinski definition) is 1. The summed E-state index contributed by atoms with van der Waals surface area (Å²) in [5.41, 5.74) is 1.60. The lowest BCUT2D eigenvalue weighted by atomic mass is 9.92. The SMILES string of the molecule is Cc1cc(=O)c(O)c(CN2CC(C)CC(C)C2)n1C1CCCC1. The molecule has 2 atom stereocenters. The largest absolute Gasteiger partial charge is 0.503 e. The van der Waals surface area contributed by atoms with E-state index in [1.807, 2.05) is 6.92 Å². The lowest BCUT2D eigenvalue weighted by Gasteiger charge is -2.36. The summed E-state index contributed by atoms with van der Waals surface area (Å²) < 4.78 is 2.26. The van der Waals surface area contributed by atoms with Gasteiger partial charge in [-0.05, 0) is 38.0 Å². The van der Waals surface area contributed by atoms with Crippen LogP contribution in [0.2, 0.25) is 0 Å². The maximum atomic E-state index is 12.1. The first kappa shape index (κ1) is 16.6. The van der Waals surface area contributed by atoms with Crippen molar-refractivity contribution < 1.29 is 5.11 Å². The third-order valence-electron chi connectivity index (χ3n) is 5.53. The molecule has 0 radical (unpaired) electrons. The van der Waals surface area contributed by atoms with Crippen molar-refractivity contribution in [2.24, 2.45) is 11.8 Å². The molecule has 2 aliphatic rings. The van der Waals surface area contributed by atoms with Crippen molar-refractivity contribution in [3.05, 3.63) is 27.7 Å². The molecule has 1 aliphatic carbocycles. The third-order valence-corrected chi connectivity index (χ3v) is 5.53. The number of aromatic nitrogens is 1. The highest BCUT2D eigenvalue weighted by molar-refractivity contribution is 5.30. The maximum Gasteiger partial charge on any atom is 0.223 e. The molecule has 2 heterocycles. The average Bonchev–Trinajstić information content (AvgIpc) is 2.97. The Hall–Kier alpha value is -1.29. The minimum atomic E-state index is -0.232. The molecule has 1 aliphatic heterocycles. The van der Waals surface area contributed by atoms with Gasteiger partial charge in [-0.3, -0.25) is 9.69 Å². The molecule has 128 valence electrons. The summed E-state index contributed by atoms with van der Waals surface area (Å²) in [4.78, 5) is 14.5. The van der Waals surface area contributed by atoms with Crippen LogP contribution in [0, 0.1) is 18.8 Å². The van der Waals surface area contributed by atoms with Crippen LogP contribution in [0.5, 0.6) is 5.75 Å². The highest BCUT2D eigenvalue weighted by Crippen LogP contribution is 2.34. The van der Waals surface area contributed by atoms with Gasteiger partial charge in [-0.15, -0.1) is 0 Å². The van der Waals surface area contributed by atoms with Gasteiger partial charge < -0.3 is 9.67 Å². The average molecular weight is 318 g/mol. The molecule has 4 heteroatoms. The summed E-state index contributed by atoms with van der Waals surface area (Å²) >= 11 is 0. The Balaban J connectivity index is 1.94. The third kappa shape index (κ3) is 3.47. The lowest BCUT2D eigenvalue weighted by Crippen LogP contribution is -2.39. The predicted molar refractivity (Wildman–Crippen MR) is 92.8 cm³/mol. The number of hydrogen-bond acceptors (Lipinski definition) is 3. The fourth-order valence-corrected chi connectivity index (χ4v) is 4.75. The van der Waals surface area contributed by atoms with Crippen molar-refractivity contribution >= 4 is 0 Å². The van der Waals surface area contributed by atoms with E-state index in [2.05, 4.69) is 23.3 Å². The summed E-state index contributed by atoms with van der Waals surface area (Å²) in [6.45, 7) is 9.39. The fraction of sp³-hybridized carbons (Fsp3) is 0.737. The number of pyridine rings is 1. The molecular formula is C19H30N2O2. The minimum absolute atomic E-state index is 0.0339. The molecule has 3 rings (SSSR count). The van der Waals surface area contributed by atoms with Gasteiger partial charge in [-0.25, -0.2) is 0 Å². The van der Waals surface area contributed by atoms with E-state index in [9.17, 15) is 9.90 Å². The van der Waals surface area contributed by atoms with Crippen LogP contribution >= 0.6 is 0 Å². The summed E-state index contributed by atoms with van der Waals surface area (Å²) in [7, 11) is 0. The summed E-state index contributed by atoms with van der Waals surface area (Å²) in [6, 6.07) is 2.04. The van der Waals surface area contributed by atoms with Crippen molar-refractivity contribution in [3.63, 3.8) is 0 Å². The standard InChI is InChI=1S/C19H30N2O2/c1-13-8-14(2)11-20(10-13)12-17-19(23)18(22)9-15(3)21(17)16-6-4-5-7-16/h9,13-14,16,23H,4-8,10-12H2,1-3H3. The monoisotopic (exact) mass is 318 g/mol. The van der Waals surface area contributed by atoms with Gasteiger partial charge in [0.1, 0.15) is 0 Å². The molecule has 0 spiro atoms. The number of piperidine rings is 1. The van der Waals surface area contributed by atoms with Crippen molar-refractivity contribution in [3.8, 4) is 5.75 Å². The zero-order chi connectivity index (χ0) is 16.6. The topological polar surface area (TPSA) is 45.5 Å². The normalized spacial score (nSPS) is 26.7. The molecular weight excluding hydrogens is 288 g/mol. The molecule has 1 N–H and O–H groups in total. The van der Waals surface area contributed by atoms with Crippen LogP contribution in [0.15, 0.2) is 10.9 Å². The molecule has 23 heavy (non-hydrogen) atoms. The number of rotatable bonds is 3. The summed E-state index contributed by atoms with van der Waals surface area (Å²) in [5.74, 6) is 1.32. The Morgan fingerprint density at radius 1 is 1.17 bits per heavy atom. The molecule has 1 aromatic heterocycles. The molecule has 1 saturated heterocycles. The van der Waals surface area contributed by atoms with Crippen LogP contribution in [-0.2, 0) is 6.54 Å². The second-order valence-electron chi connectivity index (χ2n) is 7.89.